The van der Waals surface area contributed by atoms with E-state index in [1.807, 2.05) is 30.3 Å². The number of anilines is 1. The van der Waals surface area contributed by atoms with Crippen molar-refractivity contribution in [2.24, 2.45) is 0 Å². The molecule has 0 amide bonds. The monoisotopic (exact) mass is 238 g/mol. The van der Waals surface area contributed by atoms with E-state index in [9.17, 15) is 0 Å². The van der Waals surface area contributed by atoms with Crippen LogP contribution in [0.1, 0.15) is 0 Å². The van der Waals surface area contributed by atoms with Gasteiger partial charge in [0.25, 0.3) is 0 Å². The summed E-state index contributed by atoms with van der Waals surface area (Å²) < 4.78 is 5.27. The minimum Gasteiger partial charge on any atom is -0.380 e. The summed E-state index contributed by atoms with van der Waals surface area (Å²) in [5, 5.41) is 3.80. The van der Waals surface area contributed by atoms with Gasteiger partial charge in [-0.1, -0.05) is 17.3 Å². The van der Waals surface area contributed by atoms with Crippen molar-refractivity contribution in [3.63, 3.8) is 0 Å². The molecule has 0 aliphatic carbocycles. The summed E-state index contributed by atoms with van der Waals surface area (Å²) in [6.07, 6.45) is 5.12. The van der Waals surface area contributed by atoms with Crippen LogP contribution in [0.15, 0.2) is 53.4 Å². The number of aromatic nitrogens is 3. The molecule has 88 valence electrons. The quantitative estimate of drug-likeness (QED) is 0.741. The van der Waals surface area contributed by atoms with Gasteiger partial charge in [-0.3, -0.25) is 9.97 Å². The maximum Gasteiger partial charge on any atom is 0.195 e. The Morgan fingerprint density at radius 3 is 2.72 bits per heavy atom. The maximum absolute atomic E-state index is 5.85. The van der Waals surface area contributed by atoms with Crippen molar-refractivity contribution < 1.29 is 4.52 Å². The Bertz CT molecular complexity index is 649. The molecule has 0 saturated heterocycles. The predicted molar refractivity (Wildman–Crippen MR) is 67.4 cm³/mol. The lowest BCUT2D eigenvalue weighted by atomic mass is 10.1. The molecule has 5 heteroatoms. The molecule has 0 fully saturated rings. The second-order valence-corrected chi connectivity index (χ2v) is 3.73. The first kappa shape index (κ1) is 10.5. The lowest BCUT2D eigenvalue weighted by Gasteiger charge is -2.00. The van der Waals surface area contributed by atoms with Gasteiger partial charge in [-0.05, 0) is 18.2 Å². The van der Waals surface area contributed by atoms with Crippen LogP contribution in [0.5, 0.6) is 0 Å². The Morgan fingerprint density at radius 2 is 2.00 bits per heavy atom. The molecule has 0 aromatic carbocycles. The van der Waals surface area contributed by atoms with Gasteiger partial charge in [0.15, 0.2) is 11.6 Å². The topological polar surface area (TPSA) is 77.8 Å². The first-order chi connectivity index (χ1) is 8.86. The highest BCUT2D eigenvalue weighted by molar-refractivity contribution is 5.84. The summed E-state index contributed by atoms with van der Waals surface area (Å²) in [5.41, 5.74) is 8.13. The normalized spacial score (nSPS) is 10.4. The molecule has 3 aromatic heterocycles. The molecule has 0 spiro atoms. The van der Waals surface area contributed by atoms with Crippen LogP contribution < -0.4 is 5.73 Å². The third-order valence-corrected chi connectivity index (χ3v) is 2.57. The zero-order valence-electron chi connectivity index (χ0n) is 9.45. The average molecular weight is 238 g/mol. The second kappa shape index (κ2) is 4.29. The Labute approximate surface area is 103 Å². The molecule has 0 aliphatic rings. The summed E-state index contributed by atoms with van der Waals surface area (Å²) in [6, 6.07) is 9.31. The van der Waals surface area contributed by atoms with Gasteiger partial charge in [0, 0.05) is 24.2 Å². The van der Waals surface area contributed by atoms with Crippen LogP contribution >= 0.6 is 0 Å². The average Bonchev–Trinajstić information content (AvgIpc) is 2.83. The lowest BCUT2D eigenvalue weighted by molar-refractivity contribution is 0.435. The molecule has 0 unspecified atom stereocenters. The zero-order valence-corrected chi connectivity index (χ0v) is 9.45. The van der Waals surface area contributed by atoms with Gasteiger partial charge in [-0.15, -0.1) is 0 Å². The fraction of sp³-hybridized carbons (Fsp3) is 0. The van der Waals surface area contributed by atoms with Crippen molar-refractivity contribution in [1.82, 2.24) is 15.1 Å². The number of nitrogens with zero attached hydrogens (tertiary/aromatic N) is 3. The van der Waals surface area contributed by atoms with Crippen molar-refractivity contribution in [2.45, 2.75) is 0 Å². The van der Waals surface area contributed by atoms with Crippen molar-refractivity contribution in [1.29, 1.82) is 0 Å². The van der Waals surface area contributed by atoms with Gasteiger partial charge in [0.1, 0.15) is 5.69 Å². The van der Waals surface area contributed by atoms with Crippen LogP contribution in [-0.2, 0) is 0 Å². The van der Waals surface area contributed by atoms with E-state index in [4.69, 9.17) is 10.3 Å². The zero-order chi connectivity index (χ0) is 12.4. The maximum atomic E-state index is 5.85. The van der Waals surface area contributed by atoms with E-state index in [2.05, 4.69) is 15.1 Å². The molecule has 3 aromatic rings. The van der Waals surface area contributed by atoms with Gasteiger partial charge < -0.3 is 10.3 Å². The fourth-order valence-corrected chi connectivity index (χ4v) is 1.76. The number of pyridine rings is 2. The molecule has 0 atom stereocenters. The van der Waals surface area contributed by atoms with Crippen LogP contribution in [0.25, 0.3) is 22.6 Å². The largest absolute Gasteiger partial charge is 0.380 e. The van der Waals surface area contributed by atoms with Crippen molar-refractivity contribution >= 4 is 5.82 Å². The van der Waals surface area contributed by atoms with Crippen molar-refractivity contribution in [3.05, 3.63) is 48.9 Å². The molecular formula is C13H10N4O. The number of nitrogen functional groups attached to an aromatic ring is 1. The molecule has 2 N–H and O–H groups in total. The van der Waals surface area contributed by atoms with E-state index in [1.54, 1.807) is 18.6 Å². The summed E-state index contributed by atoms with van der Waals surface area (Å²) in [5.74, 6) is 0.893. The van der Waals surface area contributed by atoms with Crippen molar-refractivity contribution in [3.8, 4) is 22.6 Å². The van der Waals surface area contributed by atoms with E-state index in [-0.39, 0.29) is 0 Å². The van der Waals surface area contributed by atoms with E-state index in [0.29, 0.717) is 17.3 Å². The Morgan fingerprint density at radius 1 is 1.06 bits per heavy atom. The van der Waals surface area contributed by atoms with E-state index in [0.717, 1.165) is 11.1 Å². The molecule has 5 nitrogen and oxygen atoms in total. The van der Waals surface area contributed by atoms with Gasteiger partial charge >= 0.3 is 0 Å². The lowest BCUT2D eigenvalue weighted by Crippen LogP contribution is -1.90. The second-order valence-electron chi connectivity index (χ2n) is 3.73. The fourth-order valence-electron chi connectivity index (χ4n) is 1.76. The van der Waals surface area contributed by atoms with Gasteiger partial charge in [0.05, 0.1) is 5.56 Å². The van der Waals surface area contributed by atoms with E-state index in [1.165, 1.54) is 0 Å². The van der Waals surface area contributed by atoms with Crippen LogP contribution in [0.3, 0.4) is 0 Å². The molecule has 0 radical (unpaired) electrons. The highest BCUT2D eigenvalue weighted by atomic mass is 16.5. The molecule has 18 heavy (non-hydrogen) atoms. The Kier molecular flexibility index (Phi) is 2.49. The number of hydrogen-bond acceptors (Lipinski definition) is 5. The van der Waals surface area contributed by atoms with Gasteiger partial charge in [0.2, 0.25) is 0 Å². The summed E-state index contributed by atoms with van der Waals surface area (Å²) in [7, 11) is 0. The molecule has 3 rings (SSSR count). The van der Waals surface area contributed by atoms with E-state index < -0.39 is 0 Å². The minimum atomic E-state index is 0.337. The third kappa shape index (κ3) is 1.71. The predicted octanol–water partition coefficient (Wildman–Crippen LogP) is 2.38. The minimum absolute atomic E-state index is 0.337. The van der Waals surface area contributed by atoms with E-state index >= 15 is 0 Å². The molecule has 0 saturated carbocycles. The Hall–Kier alpha value is -2.69. The highest BCUT2D eigenvalue weighted by Crippen LogP contribution is 2.34. The van der Waals surface area contributed by atoms with Gasteiger partial charge in [-0.25, -0.2) is 0 Å². The Balaban J connectivity index is 2.19. The highest BCUT2D eigenvalue weighted by Gasteiger charge is 2.18. The molecule has 0 bridgehead atoms. The number of nitrogens with two attached hydrogens (primary N) is 1. The van der Waals surface area contributed by atoms with Crippen LogP contribution in [0.2, 0.25) is 0 Å². The smallest absolute Gasteiger partial charge is 0.195 e. The number of hydrogen-bond donors (Lipinski definition) is 1. The molecule has 0 aliphatic heterocycles. The summed E-state index contributed by atoms with van der Waals surface area (Å²) in [4.78, 5) is 8.31. The first-order valence-corrected chi connectivity index (χ1v) is 5.43. The molecular weight excluding hydrogens is 228 g/mol. The molecule has 3 heterocycles. The summed E-state index contributed by atoms with van der Waals surface area (Å²) in [6.45, 7) is 0. The summed E-state index contributed by atoms with van der Waals surface area (Å²) >= 11 is 0. The third-order valence-electron chi connectivity index (χ3n) is 2.57. The van der Waals surface area contributed by atoms with Crippen LogP contribution in [0, 0.1) is 0 Å². The van der Waals surface area contributed by atoms with Crippen LogP contribution in [-0.4, -0.2) is 15.1 Å². The van der Waals surface area contributed by atoms with Crippen LogP contribution in [0.4, 0.5) is 5.82 Å². The SMILES string of the molecule is Nc1noc(-c2ccccn2)c1-c1cccnc1. The standard InChI is InChI=1S/C13H10N4O/c14-13-11(9-4-3-6-15-8-9)12(18-17-13)10-5-1-2-7-16-10/h1-8H,(H2,14,17). The number of rotatable bonds is 2. The first-order valence-electron chi connectivity index (χ1n) is 5.43. The van der Waals surface area contributed by atoms with Gasteiger partial charge in [-0.2, -0.15) is 0 Å². The van der Waals surface area contributed by atoms with Crippen molar-refractivity contribution in [2.75, 3.05) is 5.73 Å².